The van der Waals surface area contributed by atoms with E-state index >= 15 is 0 Å². The number of carbonyl (C=O) groups excluding carboxylic acids is 1. The Kier molecular flexibility index (Phi) is 6.89. The summed E-state index contributed by atoms with van der Waals surface area (Å²) in [6.45, 7) is 0. The molecule has 1 N–H and O–H groups in total. The van der Waals surface area contributed by atoms with Crippen LogP contribution in [0, 0.1) is 0 Å². The lowest BCUT2D eigenvalue weighted by molar-refractivity contribution is -0.133. The molecule has 0 aliphatic rings. The number of esters is 1. The molecule has 28 heavy (non-hydrogen) atoms. The SMILES string of the molecule is COC(=O)C(=Cc1cc(OC)c(OC)c(OC)c1)c1nc2ccccc2[nH]1.Cl. The quantitative estimate of drug-likeness (QED) is 0.498. The van der Waals surface area contributed by atoms with Gasteiger partial charge >= 0.3 is 5.97 Å². The lowest BCUT2D eigenvalue weighted by Crippen LogP contribution is -2.05. The zero-order chi connectivity index (χ0) is 19.4. The third-order valence-electron chi connectivity index (χ3n) is 4.05. The van der Waals surface area contributed by atoms with Crippen LogP contribution in [0.4, 0.5) is 0 Å². The van der Waals surface area contributed by atoms with Crippen molar-refractivity contribution < 1.29 is 23.7 Å². The molecule has 8 heteroatoms. The molecule has 0 radical (unpaired) electrons. The van der Waals surface area contributed by atoms with E-state index in [4.69, 9.17) is 18.9 Å². The van der Waals surface area contributed by atoms with Crippen LogP contribution in [-0.2, 0) is 9.53 Å². The molecule has 0 bridgehead atoms. The number of benzene rings is 2. The molecule has 148 valence electrons. The summed E-state index contributed by atoms with van der Waals surface area (Å²) in [5.74, 6) is 1.34. The molecule has 0 spiro atoms. The predicted octanol–water partition coefficient (Wildman–Crippen LogP) is 3.72. The van der Waals surface area contributed by atoms with Gasteiger partial charge in [0, 0.05) is 0 Å². The average Bonchev–Trinajstić information content (AvgIpc) is 3.14. The highest BCUT2D eigenvalue weighted by atomic mass is 35.5. The van der Waals surface area contributed by atoms with Crippen LogP contribution in [0.3, 0.4) is 0 Å². The molecular formula is C20H21ClN2O5. The number of carbonyl (C=O) groups is 1. The largest absolute Gasteiger partial charge is 0.493 e. The van der Waals surface area contributed by atoms with E-state index in [-0.39, 0.29) is 18.0 Å². The van der Waals surface area contributed by atoms with Crippen molar-refractivity contribution in [1.82, 2.24) is 9.97 Å². The Morgan fingerprint density at radius 1 is 1.00 bits per heavy atom. The summed E-state index contributed by atoms with van der Waals surface area (Å²) in [6.07, 6.45) is 1.66. The molecule has 0 aliphatic carbocycles. The van der Waals surface area contributed by atoms with Crippen LogP contribution in [0.25, 0.3) is 22.7 Å². The highest BCUT2D eigenvalue weighted by Gasteiger charge is 2.19. The molecule has 7 nitrogen and oxygen atoms in total. The molecule has 1 heterocycles. The Morgan fingerprint density at radius 3 is 2.18 bits per heavy atom. The summed E-state index contributed by atoms with van der Waals surface area (Å²) in [5, 5.41) is 0. The number of rotatable bonds is 6. The van der Waals surface area contributed by atoms with Gasteiger partial charge in [-0.3, -0.25) is 0 Å². The van der Waals surface area contributed by atoms with Gasteiger partial charge in [0.25, 0.3) is 0 Å². The normalized spacial score (nSPS) is 10.9. The fourth-order valence-electron chi connectivity index (χ4n) is 2.77. The number of H-pyrrole nitrogens is 1. The molecule has 0 saturated heterocycles. The van der Waals surface area contributed by atoms with Crippen molar-refractivity contribution in [2.24, 2.45) is 0 Å². The second kappa shape index (κ2) is 9.14. The first-order valence-corrected chi connectivity index (χ1v) is 8.16. The lowest BCUT2D eigenvalue weighted by atomic mass is 10.1. The summed E-state index contributed by atoms with van der Waals surface area (Å²) in [7, 11) is 5.93. The van der Waals surface area contributed by atoms with Gasteiger partial charge in [-0.15, -0.1) is 12.4 Å². The number of methoxy groups -OCH3 is 4. The Labute approximate surface area is 168 Å². The third kappa shape index (κ3) is 4.04. The number of hydrogen-bond acceptors (Lipinski definition) is 6. The highest BCUT2D eigenvalue weighted by Crippen LogP contribution is 2.39. The van der Waals surface area contributed by atoms with Crippen molar-refractivity contribution in [3.63, 3.8) is 0 Å². The zero-order valence-corrected chi connectivity index (χ0v) is 16.8. The van der Waals surface area contributed by atoms with E-state index in [2.05, 4.69) is 9.97 Å². The number of nitrogens with one attached hydrogen (secondary N) is 1. The van der Waals surface area contributed by atoms with Gasteiger partial charge in [0.1, 0.15) is 11.4 Å². The molecular weight excluding hydrogens is 384 g/mol. The predicted molar refractivity (Wildman–Crippen MR) is 109 cm³/mol. The second-order valence-electron chi connectivity index (χ2n) is 5.61. The Balaban J connectivity index is 0.00000280. The summed E-state index contributed by atoms with van der Waals surface area (Å²) in [6, 6.07) is 11.0. The van der Waals surface area contributed by atoms with Crippen molar-refractivity contribution in [3.8, 4) is 17.2 Å². The van der Waals surface area contributed by atoms with Crippen molar-refractivity contribution >= 4 is 41.1 Å². The number of imidazole rings is 1. The molecule has 1 aromatic heterocycles. The molecule has 0 unspecified atom stereocenters. The number of aromatic nitrogens is 2. The summed E-state index contributed by atoms with van der Waals surface area (Å²) in [4.78, 5) is 20.0. The number of aromatic amines is 1. The summed E-state index contributed by atoms with van der Waals surface area (Å²) in [5.41, 5.74) is 2.53. The van der Waals surface area contributed by atoms with E-state index in [1.807, 2.05) is 24.3 Å². The minimum atomic E-state index is -0.511. The van der Waals surface area contributed by atoms with Gasteiger partial charge in [-0.1, -0.05) is 12.1 Å². The molecule has 0 aliphatic heterocycles. The van der Waals surface area contributed by atoms with Gasteiger partial charge in [0.15, 0.2) is 11.5 Å². The van der Waals surface area contributed by atoms with E-state index in [1.54, 1.807) is 18.2 Å². The summed E-state index contributed by atoms with van der Waals surface area (Å²) < 4.78 is 21.0. The Morgan fingerprint density at radius 2 is 1.64 bits per heavy atom. The van der Waals surface area contributed by atoms with Crippen LogP contribution in [0.15, 0.2) is 36.4 Å². The van der Waals surface area contributed by atoms with Crippen LogP contribution in [0.5, 0.6) is 17.2 Å². The zero-order valence-electron chi connectivity index (χ0n) is 15.9. The van der Waals surface area contributed by atoms with Gasteiger partial charge in [0.05, 0.1) is 39.5 Å². The second-order valence-corrected chi connectivity index (χ2v) is 5.61. The number of nitrogens with zero attached hydrogens (tertiary/aromatic N) is 1. The lowest BCUT2D eigenvalue weighted by Gasteiger charge is -2.13. The standard InChI is InChI=1S/C20H20N2O5.ClH/c1-24-16-10-12(11-17(25-2)18(16)26-3)9-13(20(23)27-4)19-21-14-7-5-6-8-15(14)22-19;/h5-11H,1-4H3,(H,21,22);1H. The number of para-hydroxylation sites is 2. The number of halogens is 1. The maximum Gasteiger partial charge on any atom is 0.341 e. The van der Waals surface area contributed by atoms with Gasteiger partial charge in [-0.05, 0) is 35.9 Å². The van der Waals surface area contributed by atoms with Crippen LogP contribution in [0.1, 0.15) is 11.4 Å². The van der Waals surface area contributed by atoms with E-state index in [9.17, 15) is 4.79 Å². The molecule has 0 fully saturated rings. The van der Waals surface area contributed by atoms with Crippen LogP contribution in [-0.4, -0.2) is 44.4 Å². The molecule has 0 saturated carbocycles. The first-order chi connectivity index (χ1) is 13.1. The van der Waals surface area contributed by atoms with Gasteiger partial charge in [-0.2, -0.15) is 0 Å². The van der Waals surface area contributed by atoms with E-state index in [1.165, 1.54) is 28.4 Å². The molecule has 0 amide bonds. The fourth-order valence-corrected chi connectivity index (χ4v) is 2.77. The van der Waals surface area contributed by atoms with Gasteiger partial charge in [0.2, 0.25) is 5.75 Å². The van der Waals surface area contributed by atoms with Crippen LogP contribution in [0.2, 0.25) is 0 Å². The average molecular weight is 405 g/mol. The topological polar surface area (TPSA) is 82.7 Å². The van der Waals surface area contributed by atoms with Crippen LogP contribution >= 0.6 is 12.4 Å². The number of hydrogen-bond donors (Lipinski definition) is 1. The van der Waals surface area contributed by atoms with Gasteiger partial charge < -0.3 is 23.9 Å². The number of ether oxygens (including phenoxy) is 4. The molecule has 3 rings (SSSR count). The van der Waals surface area contributed by atoms with E-state index in [0.29, 0.717) is 28.6 Å². The van der Waals surface area contributed by atoms with Crippen molar-refractivity contribution in [3.05, 3.63) is 47.8 Å². The Hall–Kier alpha value is -3.19. The minimum absolute atomic E-state index is 0. The van der Waals surface area contributed by atoms with Crippen molar-refractivity contribution in [1.29, 1.82) is 0 Å². The number of fused-ring (bicyclic) bond motifs is 1. The smallest absolute Gasteiger partial charge is 0.341 e. The minimum Gasteiger partial charge on any atom is -0.493 e. The molecule has 3 aromatic rings. The molecule has 0 atom stereocenters. The van der Waals surface area contributed by atoms with E-state index < -0.39 is 5.97 Å². The molecule has 2 aromatic carbocycles. The third-order valence-corrected chi connectivity index (χ3v) is 4.05. The van der Waals surface area contributed by atoms with Crippen LogP contribution < -0.4 is 14.2 Å². The maximum atomic E-state index is 12.4. The van der Waals surface area contributed by atoms with Gasteiger partial charge in [-0.25, -0.2) is 9.78 Å². The van der Waals surface area contributed by atoms with E-state index in [0.717, 1.165) is 11.0 Å². The highest BCUT2D eigenvalue weighted by molar-refractivity contribution is 6.21. The summed E-state index contributed by atoms with van der Waals surface area (Å²) >= 11 is 0. The van der Waals surface area contributed by atoms with Crippen molar-refractivity contribution in [2.45, 2.75) is 0 Å². The first kappa shape index (κ1) is 21.1. The monoisotopic (exact) mass is 404 g/mol. The van der Waals surface area contributed by atoms with Crippen molar-refractivity contribution in [2.75, 3.05) is 28.4 Å². The fraction of sp³-hybridized carbons (Fsp3) is 0.200. The maximum absolute atomic E-state index is 12.4. The Bertz CT molecular complexity index is 955. The first-order valence-electron chi connectivity index (χ1n) is 8.16.